The summed E-state index contributed by atoms with van der Waals surface area (Å²) in [6, 6.07) is 9.79. The van der Waals surface area contributed by atoms with E-state index in [1.54, 1.807) is 36.4 Å². The molecule has 1 aromatic carbocycles. The van der Waals surface area contributed by atoms with Crippen LogP contribution in [0.2, 0.25) is 9.36 Å². The number of rotatable bonds is 8. The summed E-state index contributed by atoms with van der Waals surface area (Å²) in [5.41, 5.74) is 0. The number of aromatic nitrogens is 2. The molecule has 0 aliphatic carbocycles. The molecule has 2 heterocycles. The summed E-state index contributed by atoms with van der Waals surface area (Å²) in [6.45, 7) is 0.874. The van der Waals surface area contributed by atoms with Crippen molar-refractivity contribution >= 4 is 46.3 Å². The molecule has 0 saturated heterocycles. The summed E-state index contributed by atoms with van der Waals surface area (Å²) in [5.74, 6) is 0.851. The third-order valence-electron chi connectivity index (χ3n) is 3.73. The van der Waals surface area contributed by atoms with Gasteiger partial charge in [-0.3, -0.25) is 0 Å². The molecule has 0 bridgehead atoms. The number of hydrogen-bond donors (Lipinski definition) is 0. The Hall–Kier alpha value is -1.14. The average molecular weight is 413 g/mol. The molecule has 25 heavy (non-hydrogen) atoms. The monoisotopic (exact) mass is 412 g/mol. The molecule has 3 nitrogen and oxygen atoms in total. The van der Waals surface area contributed by atoms with Crippen LogP contribution in [0.5, 0.6) is 5.75 Å². The minimum atomic E-state index is 0.363. The van der Waals surface area contributed by atoms with Gasteiger partial charge in [0.1, 0.15) is 5.75 Å². The summed E-state index contributed by atoms with van der Waals surface area (Å²) in [6.07, 6.45) is 7.66. The van der Waals surface area contributed by atoms with Crippen molar-refractivity contribution < 1.29 is 4.74 Å². The molecular weight excluding hydrogens is 395 g/mol. The summed E-state index contributed by atoms with van der Waals surface area (Å²) < 4.78 is 8.43. The van der Waals surface area contributed by atoms with Crippen molar-refractivity contribution in [2.24, 2.45) is 0 Å². The van der Waals surface area contributed by atoms with Crippen LogP contribution in [0.15, 0.2) is 53.9 Å². The van der Waals surface area contributed by atoms with Crippen LogP contribution in [0, 0.1) is 0 Å². The Labute approximate surface area is 165 Å². The molecule has 3 rings (SSSR count). The van der Waals surface area contributed by atoms with Crippen molar-refractivity contribution in [3.8, 4) is 5.75 Å². The van der Waals surface area contributed by atoms with E-state index in [2.05, 4.69) is 15.6 Å². The lowest BCUT2D eigenvalue weighted by molar-refractivity contribution is 0.404. The topological polar surface area (TPSA) is 27.1 Å². The molecule has 0 amide bonds. The number of hydrogen-bond acceptors (Lipinski definition) is 4. The summed E-state index contributed by atoms with van der Waals surface area (Å²) in [5, 5.41) is 1.08. The van der Waals surface area contributed by atoms with Crippen molar-refractivity contribution in [3.05, 3.63) is 63.3 Å². The zero-order chi connectivity index (χ0) is 17.6. The Morgan fingerprint density at radius 2 is 2.16 bits per heavy atom. The number of nitrogens with zero attached hydrogens (tertiary/aromatic N) is 2. The molecule has 132 valence electrons. The molecule has 0 aliphatic rings. The number of imidazole rings is 1. The Bertz CT molecular complexity index is 805. The van der Waals surface area contributed by atoms with E-state index in [1.807, 2.05) is 36.8 Å². The zero-order valence-corrected chi connectivity index (χ0v) is 16.8. The molecule has 1 unspecified atom stereocenters. The Balaban J connectivity index is 1.74. The minimum absolute atomic E-state index is 0.363. The molecule has 3 aromatic rings. The normalized spacial score (nSPS) is 12.3. The van der Waals surface area contributed by atoms with E-state index in [1.165, 1.54) is 4.88 Å². The van der Waals surface area contributed by atoms with Gasteiger partial charge >= 0.3 is 0 Å². The van der Waals surface area contributed by atoms with Crippen LogP contribution < -0.4 is 4.74 Å². The average Bonchev–Trinajstić information content (AvgIpc) is 3.24. The zero-order valence-electron chi connectivity index (χ0n) is 13.7. The van der Waals surface area contributed by atoms with Crippen LogP contribution in [-0.4, -0.2) is 21.9 Å². The SMILES string of the molecule is COc1ccc(Cl)cc1SC(CCc1ccc(Cl)s1)Cn1ccnc1. The lowest BCUT2D eigenvalue weighted by Crippen LogP contribution is -2.13. The first-order valence-electron chi connectivity index (χ1n) is 7.84. The van der Waals surface area contributed by atoms with Gasteiger partial charge in [0.15, 0.2) is 0 Å². The molecule has 0 radical (unpaired) electrons. The lowest BCUT2D eigenvalue weighted by atomic mass is 10.2. The Morgan fingerprint density at radius 3 is 2.84 bits per heavy atom. The largest absolute Gasteiger partial charge is 0.496 e. The minimum Gasteiger partial charge on any atom is -0.496 e. The molecule has 0 fully saturated rings. The van der Waals surface area contributed by atoms with Crippen LogP contribution in [-0.2, 0) is 13.0 Å². The van der Waals surface area contributed by atoms with Crippen molar-refractivity contribution in [3.63, 3.8) is 0 Å². The quantitative estimate of drug-likeness (QED) is 0.421. The van der Waals surface area contributed by atoms with Gasteiger partial charge in [-0.25, -0.2) is 4.98 Å². The Morgan fingerprint density at radius 1 is 1.28 bits per heavy atom. The number of ether oxygens (including phenoxy) is 1. The van der Waals surface area contributed by atoms with Crippen LogP contribution in [0.4, 0.5) is 0 Å². The van der Waals surface area contributed by atoms with Gasteiger partial charge in [-0.05, 0) is 43.2 Å². The number of benzene rings is 1. The molecule has 2 aromatic heterocycles. The fourth-order valence-corrected chi connectivity index (χ4v) is 5.17. The number of thiophene rings is 1. The first kappa shape index (κ1) is 18.6. The lowest BCUT2D eigenvalue weighted by Gasteiger charge is -2.18. The standard InChI is InChI=1S/C18H18Cl2N2OS2/c1-23-16-6-2-13(19)10-17(16)24-15(11-22-9-8-21-12-22)4-3-14-5-7-18(20)25-14/h2,5-10,12,15H,3-4,11H2,1H3. The first-order chi connectivity index (χ1) is 12.1. The smallest absolute Gasteiger partial charge is 0.132 e. The van der Waals surface area contributed by atoms with Crippen molar-refractivity contribution in [1.82, 2.24) is 9.55 Å². The maximum absolute atomic E-state index is 6.18. The highest BCUT2D eigenvalue weighted by atomic mass is 35.5. The fraction of sp³-hybridized carbons (Fsp3) is 0.278. The van der Waals surface area contributed by atoms with Crippen molar-refractivity contribution in [1.29, 1.82) is 0 Å². The van der Waals surface area contributed by atoms with Gasteiger partial charge in [0.25, 0.3) is 0 Å². The third kappa shape index (κ3) is 5.42. The van der Waals surface area contributed by atoms with E-state index in [-0.39, 0.29) is 0 Å². The number of methoxy groups -OCH3 is 1. The highest BCUT2D eigenvalue weighted by molar-refractivity contribution is 8.00. The predicted octanol–water partition coefficient (Wildman–Crippen LogP) is 6.05. The van der Waals surface area contributed by atoms with Gasteiger partial charge in [-0.2, -0.15) is 0 Å². The van der Waals surface area contributed by atoms with Gasteiger partial charge in [-0.15, -0.1) is 23.1 Å². The summed E-state index contributed by atoms with van der Waals surface area (Å²) in [7, 11) is 1.69. The van der Waals surface area contributed by atoms with E-state index in [4.69, 9.17) is 27.9 Å². The van der Waals surface area contributed by atoms with E-state index in [9.17, 15) is 0 Å². The van der Waals surface area contributed by atoms with Crippen LogP contribution in [0.1, 0.15) is 11.3 Å². The highest BCUT2D eigenvalue weighted by Gasteiger charge is 2.16. The molecule has 0 N–H and O–H groups in total. The van der Waals surface area contributed by atoms with Crippen molar-refractivity contribution in [2.45, 2.75) is 29.5 Å². The van der Waals surface area contributed by atoms with E-state index < -0.39 is 0 Å². The van der Waals surface area contributed by atoms with Crippen LogP contribution in [0.25, 0.3) is 0 Å². The van der Waals surface area contributed by atoms with Crippen molar-refractivity contribution in [2.75, 3.05) is 7.11 Å². The second-order valence-corrected chi connectivity index (χ2v) is 9.12. The first-order valence-corrected chi connectivity index (χ1v) is 10.3. The fourth-order valence-electron chi connectivity index (χ4n) is 2.53. The number of aryl methyl sites for hydroxylation is 1. The van der Waals surface area contributed by atoms with Gasteiger partial charge in [0, 0.05) is 34.1 Å². The van der Waals surface area contributed by atoms with Gasteiger partial charge in [0.2, 0.25) is 0 Å². The van der Waals surface area contributed by atoms with E-state index in [0.717, 1.165) is 39.4 Å². The van der Waals surface area contributed by atoms with Gasteiger partial charge in [0.05, 0.1) is 22.7 Å². The summed E-state index contributed by atoms with van der Waals surface area (Å²) in [4.78, 5) is 6.51. The molecular formula is C18H18Cl2N2OS2. The molecule has 0 spiro atoms. The Kier molecular flexibility index (Phi) is 6.70. The second-order valence-electron chi connectivity index (χ2n) is 5.54. The maximum Gasteiger partial charge on any atom is 0.132 e. The third-order valence-corrected chi connectivity index (χ3v) is 6.55. The number of thioether (sulfide) groups is 1. The molecule has 1 atom stereocenters. The van der Waals surface area contributed by atoms with Crippen LogP contribution in [0.3, 0.4) is 0 Å². The van der Waals surface area contributed by atoms with Crippen LogP contribution >= 0.6 is 46.3 Å². The second kappa shape index (κ2) is 8.99. The molecule has 0 saturated carbocycles. The highest BCUT2D eigenvalue weighted by Crippen LogP contribution is 2.37. The van der Waals surface area contributed by atoms with Gasteiger partial charge < -0.3 is 9.30 Å². The predicted molar refractivity (Wildman–Crippen MR) is 108 cm³/mol. The summed E-state index contributed by atoms with van der Waals surface area (Å²) >= 11 is 15.7. The number of halogens is 2. The van der Waals surface area contributed by atoms with E-state index in [0.29, 0.717) is 5.25 Å². The van der Waals surface area contributed by atoms with E-state index >= 15 is 0 Å². The molecule has 7 heteroatoms. The van der Waals surface area contributed by atoms with Gasteiger partial charge in [-0.1, -0.05) is 23.2 Å². The molecule has 0 aliphatic heterocycles. The maximum atomic E-state index is 6.18.